The first-order valence-corrected chi connectivity index (χ1v) is 19.7. The van der Waals surface area contributed by atoms with Crippen LogP contribution in [0.5, 0.6) is 0 Å². The van der Waals surface area contributed by atoms with Gasteiger partial charge < -0.3 is 24.7 Å². The highest BCUT2D eigenvalue weighted by Crippen LogP contribution is 2.46. The first kappa shape index (κ1) is 44.7. The lowest BCUT2D eigenvalue weighted by Crippen LogP contribution is -2.44. The highest BCUT2D eigenvalue weighted by Gasteiger charge is 2.54. The van der Waals surface area contributed by atoms with Gasteiger partial charge in [-0.25, -0.2) is 9.59 Å². The van der Waals surface area contributed by atoms with Gasteiger partial charge in [0, 0.05) is 58.2 Å². The lowest BCUT2D eigenvalue weighted by molar-refractivity contribution is -0.118. The van der Waals surface area contributed by atoms with Crippen LogP contribution in [0.2, 0.25) is 0 Å². The number of carbonyl (C=O) groups is 4. The van der Waals surface area contributed by atoms with Gasteiger partial charge in [0.1, 0.15) is 47.4 Å². The summed E-state index contributed by atoms with van der Waals surface area (Å²) in [4.78, 5) is 58.7. The molecule has 2 aromatic heterocycles. The van der Waals surface area contributed by atoms with Crippen molar-refractivity contribution < 1.29 is 58.9 Å². The van der Waals surface area contributed by atoms with Gasteiger partial charge in [-0.15, -0.1) is 8.57 Å². The molecule has 5 N–H and O–H groups in total. The number of ketones is 2. The van der Waals surface area contributed by atoms with Gasteiger partial charge in [0.05, 0.1) is 36.9 Å². The van der Waals surface area contributed by atoms with Crippen molar-refractivity contribution in [1.29, 1.82) is 0 Å². The summed E-state index contributed by atoms with van der Waals surface area (Å²) in [7, 11) is -5.16. The largest absolute Gasteiger partial charge is 0.418 e. The summed E-state index contributed by atoms with van der Waals surface area (Å²) in [5.74, 6) is 0.609. The van der Waals surface area contributed by atoms with Crippen LogP contribution in [0.4, 0.5) is 9.59 Å². The zero-order valence-electron chi connectivity index (χ0n) is 30.8. The molecule has 6 heterocycles. The molecular formula is C30H46N12O13S2. The second-order valence-electron chi connectivity index (χ2n) is 13.0. The van der Waals surface area contributed by atoms with Crippen LogP contribution in [0, 0.1) is 0 Å². The van der Waals surface area contributed by atoms with Crippen LogP contribution in [0.3, 0.4) is 0 Å². The number of hydrogen-bond donors (Lipinski definition) is 5. The number of nitrogens with zero attached hydrogens (tertiary/aromatic N) is 10. The van der Waals surface area contributed by atoms with E-state index in [-0.39, 0.29) is 37.9 Å². The van der Waals surface area contributed by atoms with E-state index in [0.717, 1.165) is 0 Å². The third kappa shape index (κ3) is 9.24. The van der Waals surface area contributed by atoms with Crippen molar-refractivity contribution in [1.82, 2.24) is 50.3 Å². The van der Waals surface area contributed by atoms with Crippen LogP contribution < -0.4 is 10.8 Å². The van der Waals surface area contributed by atoms with Crippen LogP contribution in [0.25, 0.3) is 0 Å². The molecule has 2 aromatic rings. The van der Waals surface area contributed by atoms with Crippen molar-refractivity contribution in [3.05, 3.63) is 34.9 Å². The van der Waals surface area contributed by atoms with Gasteiger partial charge in [-0.3, -0.25) is 39.1 Å². The Bertz CT molecular complexity index is 2000. The molecule has 0 unspecified atom stereocenters. The van der Waals surface area contributed by atoms with Crippen molar-refractivity contribution in [2.75, 3.05) is 34.2 Å². The van der Waals surface area contributed by atoms with E-state index < -0.39 is 57.0 Å². The van der Waals surface area contributed by atoms with Gasteiger partial charge in [-0.05, 0) is 26.7 Å². The Kier molecular flexibility index (Phi) is 13.8. The molecule has 0 spiro atoms. The van der Waals surface area contributed by atoms with E-state index in [1.165, 1.54) is 36.9 Å². The van der Waals surface area contributed by atoms with Gasteiger partial charge in [0.25, 0.3) is 0 Å². The van der Waals surface area contributed by atoms with E-state index in [2.05, 4.69) is 34.1 Å². The van der Waals surface area contributed by atoms with Crippen LogP contribution in [-0.2, 0) is 52.0 Å². The summed E-state index contributed by atoms with van der Waals surface area (Å²) >= 11 is 0. The molecule has 6 rings (SSSR count). The van der Waals surface area contributed by atoms with Crippen molar-refractivity contribution in [3.8, 4) is 0 Å². The maximum Gasteiger partial charge on any atom is 0.418 e. The number of hydrogen-bond acceptors (Lipinski definition) is 15. The average Bonchev–Trinajstić information content (AvgIpc) is 3.86. The minimum absolute atomic E-state index is 0. The number of likely N-dealkylation sites (N-methyl/N-ethyl adjacent to an activating group) is 1. The predicted octanol–water partition coefficient (Wildman–Crippen LogP) is 0.531. The maximum absolute atomic E-state index is 12.8. The predicted molar refractivity (Wildman–Crippen MR) is 196 cm³/mol. The average molecular weight is 847 g/mol. The second kappa shape index (κ2) is 17.6. The molecule has 27 heteroatoms. The monoisotopic (exact) mass is 846 g/mol. The molecule has 316 valence electrons. The first-order valence-electron chi connectivity index (χ1n) is 17.0. The number of amidine groups is 2. The Morgan fingerprint density at radius 2 is 1.18 bits per heavy atom. The summed E-state index contributed by atoms with van der Waals surface area (Å²) in [6.45, 7) is 3.98. The molecule has 57 heavy (non-hydrogen) atoms. The maximum atomic E-state index is 12.8. The number of aliphatic imine (C=N–C) groups is 2. The number of carbonyl (C=O) groups excluding carboxylic acids is 4. The lowest BCUT2D eigenvalue weighted by atomic mass is 9.97. The van der Waals surface area contributed by atoms with Crippen LogP contribution in [-0.4, -0.2) is 140 Å². The zero-order valence-corrected chi connectivity index (χ0v) is 32.5. The van der Waals surface area contributed by atoms with Crippen LogP contribution in [0.15, 0.2) is 22.4 Å². The first-order chi connectivity index (χ1) is 26.3. The van der Waals surface area contributed by atoms with E-state index in [9.17, 15) is 41.2 Å². The zero-order chi connectivity index (χ0) is 41.3. The molecule has 0 radical (unpaired) electrons. The minimum atomic E-state index is -4.93. The van der Waals surface area contributed by atoms with E-state index in [4.69, 9.17) is 9.11 Å². The highest BCUT2D eigenvalue weighted by atomic mass is 32.3. The molecule has 4 aliphatic heterocycles. The van der Waals surface area contributed by atoms with Crippen molar-refractivity contribution in [2.45, 2.75) is 84.2 Å². The Hall–Kier alpha value is -5.06. The molecular weight excluding hydrogens is 801 g/mol. The molecule has 4 bridgehead atoms. The van der Waals surface area contributed by atoms with E-state index in [1.54, 1.807) is 29.7 Å². The number of hydroxylamine groups is 5. The standard InChI is InChI=1S/C15H22N6O6S.C14H20N6O7S.CH4/c1-9(22)5-4-6-20-12-10(7-18-20)11-8-19(13(12)14(16-2)17-3)15(23)21(11)27-28(24,25)26;1-8(21)4-3-5-19-11-9(6-16-19)10-7-18(12(11)13(15-2)17-23)14(22)20(10)27-28(24,25)26;/h7,11,13H,4-6,8H2,1-3H3,(H,16,17)(H,24,25,26);6,10,12,23H,3-5,7H2,1-2H3,(H,15,17)(H,24,25,26);1H4/t11-,13-;10-,12-;/m00./s1. The van der Waals surface area contributed by atoms with E-state index in [0.29, 0.717) is 77.2 Å². The van der Waals surface area contributed by atoms with Crippen molar-refractivity contribution in [3.63, 3.8) is 0 Å². The molecule has 0 saturated carbocycles. The Labute approximate surface area is 328 Å². The fourth-order valence-electron chi connectivity index (χ4n) is 7.14. The molecule has 0 aromatic carbocycles. The Morgan fingerprint density at radius 1 is 0.789 bits per heavy atom. The van der Waals surface area contributed by atoms with Gasteiger partial charge in [-0.2, -0.15) is 37.2 Å². The van der Waals surface area contributed by atoms with E-state index >= 15 is 0 Å². The van der Waals surface area contributed by atoms with Gasteiger partial charge >= 0.3 is 32.9 Å². The third-order valence-corrected chi connectivity index (χ3v) is 10.1. The molecule has 2 saturated heterocycles. The van der Waals surface area contributed by atoms with Gasteiger partial charge in [-0.1, -0.05) is 7.43 Å². The number of urea groups is 2. The normalized spacial score (nSPS) is 21.5. The Morgan fingerprint density at radius 3 is 1.49 bits per heavy atom. The number of rotatable bonds is 14. The quantitative estimate of drug-likeness (QED) is 0.0749. The van der Waals surface area contributed by atoms with Crippen molar-refractivity contribution in [2.24, 2.45) is 9.98 Å². The number of nitrogens with one attached hydrogen (secondary N) is 2. The number of aryl methyl sites for hydroxylation is 2. The summed E-state index contributed by atoms with van der Waals surface area (Å²) in [5, 5.41) is 22.3. The van der Waals surface area contributed by atoms with Gasteiger partial charge in [0.15, 0.2) is 0 Å². The summed E-state index contributed by atoms with van der Waals surface area (Å²) in [6.07, 6.45) is 4.81. The molecule has 4 atom stereocenters. The summed E-state index contributed by atoms with van der Waals surface area (Å²) in [5.41, 5.74) is 4.18. The third-order valence-electron chi connectivity index (χ3n) is 9.37. The fraction of sp³-hybridized carbons (Fsp3) is 0.600. The van der Waals surface area contributed by atoms with Crippen molar-refractivity contribution >= 4 is 56.1 Å². The van der Waals surface area contributed by atoms with Crippen LogP contribution in [0.1, 0.15) is 93.6 Å². The van der Waals surface area contributed by atoms with E-state index in [1.807, 2.05) is 5.48 Å². The molecule has 25 nitrogen and oxygen atoms in total. The number of Topliss-reactive ketones (excluding diaryl/α,β-unsaturated/α-hetero) is 2. The van der Waals surface area contributed by atoms with Gasteiger partial charge in [0.2, 0.25) is 0 Å². The minimum Gasteiger partial charge on any atom is -0.375 e. The van der Waals surface area contributed by atoms with Crippen LogP contribution >= 0.6 is 0 Å². The molecule has 4 amide bonds. The Balaban J connectivity index is 0.000000248. The topological polar surface area (TPSA) is 313 Å². The lowest BCUT2D eigenvalue weighted by Gasteiger charge is -2.32. The molecule has 2 fully saturated rings. The summed E-state index contributed by atoms with van der Waals surface area (Å²) < 4.78 is 75.1. The fourth-order valence-corrected chi connectivity index (χ4v) is 7.89. The number of fused-ring (bicyclic) bond motifs is 8. The smallest absolute Gasteiger partial charge is 0.375 e. The molecule has 0 aliphatic carbocycles. The molecule has 4 aliphatic rings. The SMILES string of the molecule is C.CN=C(NC)[C@@H]1c2c(cnn2CCCC(C)=O)[C@@H]2CN1C(=O)N2OS(=O)(=O)O.CN=C(NO)[C@@H]1c2c(cnn2CCCC(C)=O)[C@@H]2CN1C(=O)N2OS(=O)(=O)O. The highest BCUT2D eigenvalue weighted by molar-refractivity contribution is 7.81. The summed E-state index contributed by atoms with van der Waals surface area (Å²) in [6, 6.07) is -4.64. The number of aromatic nitrogens is 4. The number of amides is 4. The second-order valence-corrected chi connectivity index (χ2v) is 15.0.